The van der Waals surface area contributed by atoms with Gasteiger partial charge in [0.15, 0.2) is 6.61 Å². The molecule has 29 heavy (non-hydrogen) atoms. The van der Waals surface area contributed by atoms with E-state index in [4.69, 9.17) is 4.74 Å². The second-order valence-electron chi connectivity index (χ2n) is 7.27. The number of hydrogen-bond acceptors (Lipinski definition) is 4. The van der Waals surface area contributed by atoms with Crippen LogP contribution in [0.2, 0.25) is 0 Å². The largest absolute Gasteiger partial charge is 0.483 e. The molecule has 0 spiro atoms. The SMILES string of the molecule is CCc1ccc(S(=O)(=O)N2CCN(C(=O)COc3cccc(C)c3C)CC2)cc1. The van der Waals surface area contributed by atoms with Gasteiger partial charge in [0, 0.05) is 26.2 Å². The molecule has 0 unspecified atom stereocenters. The Morgan fingerprint density at radius 1 is 1.00 bits per heavy atom. The average Bonchev–Trinajstić information content (AvgIpc) is 2.74. The van der Waals surface area contributed by atoms with Crippen molar-refractivity contribution in [2.45, 2.75) is 32.1 Å². The van der Waals surface area contributed by atoms with Crippen molar-refractivity contribution >= 4 is 15.9 Å². The molecule has 0 aliphatic carbocycles. The summed E-state index contributed by atoms with van der Waals surface area (Å²) in [6.45, 7) is 7.24. The second-order valence-corrected chi connectivity index (χ2v) is 9.21. The van der Waals surface area contributed by atoms with Crippen LogP contribution < -0.4 is 4.74 Å². The zero-order valence-electron chi connectivity index (χ0n) is 17.2. The summed E-state index contributed by atoms with van der Waals surface area (Å²) in [5.41, 5.74) is 3.23. The Hall–Kier alpha value is -2.38. The predicted octanol–water partition coefficient (Wildman–Crippen LogP) is 2.78. The molecule has 1 saturated heterocycles. The molecule has 7 heteroatoms. The lowest BCUT2D eigenvalue weighted by Crippen LogP contribution is -2.51. The summed E-state index contributed by atoms with van der Waals surface area (Å²) in [4.78, 5) is 14.5. The highest BCUT2D eigenvalue weighted by atomic mass is 32.2. The van der Waals surface area contributed by atoms with Gasteiger partial charge in [0.1, 0.15) is 5.75 Å². The fraction of sp³-hybridized carbons (Fsp3) is 0.409. The molecule has 1 amide bonds. The average molecular weight is 417 g/mol. The van der Waals surface area contributed by atoms with E-state index in [1.165, 1.54) is 4.31 Å². The van der Waals surface area contributed by atoms with Crippen LogP contribution in [0.4, 0.5) is 0 Å². The lowest BCUT2D eigenvalue weighted by Gasteiger charge is -2.34. The summed E-state index contributed by atoms with van der Waals surface area (Å²) in [5.74, 6) is 0.574. The quantitative estimate of drug-likeness (QED) is 0.726. The summed E-state index contributed by atoms with van der Waals surface area (Å²) in [7, 11) is -3.54. The minimum Gasteiger partial charge on any atom is -0.483 e. The number of aryl methyl sites for hydroxylation is 2. The maximum absolute atomic E-state index is 12.8. The standard InChI is InChI=1S/C22H28N2O4S/c1-4-19-8-10-20(11-9-19)29(26,27)24-14-12-23(13-15-24)22(25)16-28-21-7-5-6-17(2)18(21)3/h5-11H,4,12-16H2,1-3H3. The molecular formula is C22H28N2O4S. The lowest BCUT2D eigenvalue weighted by atomic mass is 10.1. The second kappa shape index (κ2) is 8.97. The number of rotatable bonds is 6. The van der Waals surface area contributed by atoms with Gasteiger partial charge in [-0.2, -0.15) is 4.31 Å². The summed E-state index contributed by atoms with van der Waals surface area (Å²) >= 11 is 0. The maximum Gasteiger partial charge on any atom is 0.260 e. The molecule has 0 bridgehead atoms. The molecule has 3 rings (SSSR count). The maximum atomic E-state index is 12.8. The van der Waals surface area contributed by atoms with Crippen molar-refractivity contribution in [1.82, 2.24) is 9.21 Å². The lowest BCUT2D eigenvalue weighted by molar-refractivity contribution is -0.134. The topological polar surface area (TPSA) is 66.9 Å². The number of amides is 1. The third kappa shape index (κ3) is 4.79. The molecule has 0 atom stereocenters. The summed E-state index contributed by atoms with van der Waals surface area (Å²) in [6.07, 6.45) is 0.866. The van der Waals surface area contributed by atoms with E-state index < -0.39 is 10.0 Å². The number of hydrogen-bond donors (Lipinski definition) is 0. The van der Waals surface area contributed by atoms with E-state index in [1.807, 2.05) is 51.1 Å². The third-order valence-corrected chi connectivity index (χ3v) is 7.38. The monoisotopic (exact) mass is 416 g/mol. The van der Waals surface area contributed by atoms with Crippen molar-refractivity contribution in [2.24, 2.45) is 0 Å². The van der Waals surface area contributed by atoms with Crippen molar-refractivity contribution in [2.75, 3.05) is 32.8 Å². The molecule has 0 N–H and O–H groups in total. The van der Waals surface area contributed by atoms with E-state index in [0.717, 1.165) is 23.1 Å². The molecule has 6 nitrogen and oxygen atoms in total. The molecular weight excluding hydrogens is 388 g/mol. The zero-order valence-corrected chi connectivity index (χ0v) is 18.0. The van der Waals surface area contributed by atoms with Crippen LogP contribution in [0.25, 0.3) is 0 Å². The fourth-order valence-corrected chi connectivity index (χ4v) is 4.76. The first-order chi connectivity index (χ1) is 13.8. The highest BCUT2D eigenvalue weighted by molar-refractivity contribution is 7.89. The normalized spacial score (nSPS) is 15.3. The van der Waals surface area contributed by atoms with E-state index >= 15 is 0 Å². The molecule has 0 radical (unpaired) electrons. The Morgan fingerprint density at radius 3 is 2.28 bits per heavy atom. The Kier molecular flexibility index (Phi) is 6.59. The van der Waals surface area contributed by atoms with Crippen LogP contribution in [-0.4, -0.2) is 56.3 Å². The molecule has 1 fully saturated rings. The van der Waals surface area contributed by atoms with Crippen LogP contribution in [0.5, 0.6) is 5.75 Å². The highest BCUT2D eigenvalue weighted by Crippen LogP contribution is 2.21. The van der Waals surface area contributed by atoms with Gasteiger partial charge in [0.05, 0.1) is 4.90 Å². The molecule has 2 aromatic carbocycles. The summed E-state index contributed by atoms with van der Waals surface area (Å²) in [6, 6.07) is 12.8. The number of sulfonamides is 1. The molecule has 0 aromatic heterocycles. The van der Waals surface area contributed by atoms with Crippen LogP contribution in [0.3, 0.4) is 0 Å². The first-order valence-corrected chi connectivity index (χ1v) is 11.3. The first kappa shape index (κ1) is 21.3. The van der Waals surface area contributed by atoms with Gasteiger partial charge in [0.25, 0.3) is 5.91 Å². The summed E-state index contributed by atoms with van der Waals surface area (Å²) < 4.78 is 32.8. The number of ether oxygens (including phenoxy) is 1. The number of piperazine rings is 1. The molecule has 0 saturated carbocycles. The Balaban J connectivity index is 1.56. The van der Waals surface area contributed by atoms with Crippen LogP contribution in [-0.2, 0) is 21.2 Å². The molecule has 1 aliphatic rings. The number of carbonyl (C=O) groups excluding carboxylic acids is 1. The van der Waals surface area contributed by atoms with Gasteiger partial charge in [-0.3, -0.25) is 4.79 Å². The Morgan fingerprint density at radius 2 is 1.66 bits per heavy atom. The fourth-order valence-electron chi connectivity index (χ4n) is 3.34. The van der Waals surface area contributed by atoms with Gasteiger partial charge in [-0.25, -0.2) is 8.42 Å². The van der Waals surface area contributed by atoms with E-state index in [1.54, 1.807) is 17.0 Å². The van der Waals surface area contributed by atoms with Gasteiger partial charge >= 0.3 is 0 Å². The molecule has 2 aromatic rings. The van der Waals surface area contributed by atoms with E-state index in [0.29, 0.717) is 23.7 Å². The zero-order chi connectivity index (χ0) is 21.0. The van der Waals surface area contributed by atoms with Gasteiger partial charge in [-0.15, -0.1) is 0 Å². The number of benzene rings is 2. The van der Waals surface area contributed by atoms with Crippen LogP contribution in [0.15, 0.2) is 47.4 Å². The van der Waals surface area contributed by atoms with Crippen molar-refractivity contribution in [3.05, 3.63) is 59.2 Å². The summed E-state index contributed by atoms with van der Waals surface area (Å²) in [5, 5.41) is 0. The Bertz CT molecular complexity index is 963. The highest BCUT2D eigenvalue weighted by Gasteiger charge is 2.30. The van der Waals surface area contributed by atoms with Crippen LogP contribution >= 0.6 is 0 Å². The van der Waals surface area contributed by atoms with Gasteiger partial charge in [-0.1, -0.05) is 31.2 Å². The Labute approximate surface area is 173 Å². The van der Waals surface area contributed by atoms with Crippen LogP contribution in [0, 0.1) is 13.8 Å². The minimum atomic E-state index is -3.54. The number of carbonyl (C=O) groups is 1. The van der Waals surface area contributed by atoms with Crippen molar-refractivity contribution in [1.29, 1.82) is 0 Å². The van der Waals surface area contributed by atoms with Crippen molar-refractivity contribution in [3.63, 3.8) is 0 Å². The van der Waals surface area contributed by atoms with Gasteiger partial charge in [0.2, 0.25) is 10.0 Å². The van der Waals surface area contributed by atoms with Crippen molar-refractivity contribution < 1.29 is 17.9 Å². The van der Waals surface area contributed by atoms with Crippen LogP contribution in [0.1, 0.15) is 23.6 Å². The molecule has 156 valence electrons. The minimum absolute atomic E-state index is 0.0461. The predicted molar refractivity (Wildman–Crippen MR) is 113 cm³/mol. The smallest absolute Gasteiger partial charge is 0.260 e. The third-order valence-electron chi connectivity index (χ3n) is 5.47. The van der Waals surface area contributed by atoms with E-state index in [9.17, 15) is 13.2 Å². The van der Waals surface area contributed by atoms with Gasteiger partial charge in [-0.05, 0) is 55.2 Å². The number of nitrogens with zero attached hydrogens (tertiary/aromatic N) is 2. The van der Waals surface area contributed by atoms with E-state index in [2.05, 4.69) is 0 Å². The molecule has 1 heterocycles. The molecule has 1 aliphatic heterocycles. The first-order valence-electron chi connectivity index (χ1n) is 9.89. The van der Waals surface area contributed by atoms with Crippen molar-refractivity contribution in [3.8, 4) is 5.75 Å². The van der Waals surface area contributed by atoms with E-state index in [-0.39, 0.29) is 25.6 Å². The van der Waals surface area contributed by atoms with Gasteiger partial charge < -0.3 is 9.64 Å².